The van der Waals surface area contributed by atoms with Gasteiger partial charge in [0, 0.05) is 11.3 Å². The van der Waals surface area contributed by atoms with Gasteiger partial charge in [0.2, 0.25) is 0 Å². The summed E-state index contributed by atoms with van der Waals surface area (Å²) < 4.78 is 23.9. The highest BCUT2D eigenvalue weighted by Crippen LogP contribution is 2.75. The molecule has 0 amide bonds. The molecule has 0 bridgehead atoms. The van der Waals surface area contributed by atoms with Crippen molar-refractivity contribution < 1.29 is 59.5 Å². The van der Waals surface area contributed by atoms with Crippen molar-refractivity contribution in [1.82, 2.24) is 0 Å². The van der Waals surface area contributed by atoms with Crippen molar-refractivity contribution in [3.8, 4) is 0 Å². The summed E-state index contributed by atoms with van der Waals surface area (Å²) in [5.41, 5.74) is 0.690. The van der Waals surface area contributed by atoms with Crippen molar-refractivity contribution in [2.45, 2.75) is 147 Å². The van der Waals surface area contributed by atoms with Gasteiger partial charge in [-0.15, -0.1) is 0 Å². The Labute approximate surface area is 300 Å². The van der Waals surface area contributed by atoms with Crippen molar-refractivity contribution in [3.05, 3.63) is 23.8 Å². The van der Waals surface area contributed by atoms with E-state index >= 15 is 0 Å². The van der Waals surface area contributed by atoms with E-state index in [0.29, 0.717) is 25.2 Å². The molecule has 12 nitrogen and oxygen atoms in total. The van der Waals surface area contributed by atoms with Gasteiger partial charge in [0.1, 0.15) is 36.6 Å². The molecule has 0 spiro atoms. The Morgan fingerprint density at radius 1 is 0.863 bits per heavy atom. The van der Waals surface area contributed by atoms with Crippen LogP contribution in [0.3, 0.4) is 0 Å². The molecule has 2 aliphatic heterocycles. The van der Waals surface area contributed by atoms with Crippen LogP contribution in [0.1, 0.15) is 91.9 Å². The maximum Gasteiger partial charge on any atom is 0.310 e. The largest absolute Gasteiger partial charge is 0.481 e. The summed E-state index contributed by atoms with van der Waals surface area (Å²) in [6, 6.07) is 0. The Bertz CT molecular complexity index is 1400. The summed E-state index contributed by atoms with van der Waals surface area (Å²) in [6.45, 7) is 13.0. The Morgan fingerprint density at radius 3 is 2.24 bits per heavy atom. The minimum absolute atomic E-state index is 0.0295. The Hall–Kier alpha value is -1.45. The second-order valence-corrected chi connectivity index (χ2v) is 18.2. The van der Waals surface area contributed by atoms with Gasteiger partial charge >= 0.3 is 5.97 Å². The molecule has 7 rings (SSSR count). The molecule has 0 aromatic carbocycles. The standard InChI is InChI=1S/C39H60O12/c1-20-8-13-39(34(46)47)15-14-37(4)21(22(39)16-20)6-7-26-35(2)11-10-27(36(3,19-40)25(35)9-12-38(26,37)5)50-33-31(29(44)24(42)18-49-33)51-32-30(45)28(43)23(41)17-48-32/h6,22-33,40-45H,1,7-19H2,2-5H3,(H,46,47)/t22-,23+,24+,25+,26+,27-,28-,29-,30+,31+,32-,33-,35-,36-,37+,38+,39-/m1/s1. The summed E-state index contributed by atoms with van der Waals surface area (Å²) in [6.07, 6.45) is -1.36. The fraction of sp³-hybridized carbons (Fsp3) is 0.872. The topological polar surface area (TPSA) is 196 Å². The third-order valence-corrected chi connectivity index (χ3v) is 16.0. The number of carboxylic acid groups (broad SMARTS) is 1. The molecule has 0 aromatic rings. The lowest BCUT2D eigenvalue weighted by Gasteiger charge is -2.71. The van der Waals surface area contributed by atoms with Crippen LogP contribution >= 0.6 is 0 Å². The molecular formula is C39H60O12. The quantitative estimate of drug-likeness (QED) is 0.157. The van der Waals surface area contributed by atoms with Gasteiger partial charge in [-0.25, -0.2) is 0 Å². The van der Waals surface area contributed by atoms with Crippen LogP contribution in [0.4, 0.5) is 0 Å². The van der Waals surface area contributed by atoms with Gasteiger partial charge in [0.15, 0.2) is 12.6 Å². The van der Waals surface area contributed by atoms with E-state index in [1.54, 1.807) is 0 Å². The molecule has 12 heteroatoms. The Morgan fingerprint density at radius 2 is 1.55 bits per heavy atom. The molecule has 288 valence electrons. The van der Waals surface area contributed by atoms with E-state index in [-0.39, 0.29) is 47.9 Å². The van der Waals surface area contributed by atoms with Crippen LogP contribution in [0.2, 0.25) is 0 Å². The van der Waals surface area contributed by atoms with Gasteiger partial charge in [-0.1, -0.05) is 51.5 Å². The molecule has 51 heavy (non-hydrogen) atoms. The zero-order chi connectivity index (χ0) is 36.9. The molecule has 6 fully saturated rings. The molecule has 17 atom stereocenters. The molecule has 0 unspecified atom stereocenters. The van der Waals surface area contributed by atoms with Gasteiger partial charge in [0.05, 0.1) is 31.3 Å². The number of allylic oxidation sites excluding steroid dienone is 3. The van der Waals surface area contributed by atoms with Crippen LogP contribution in [0.5, 0.6) is 0 Å². The summed E-state index contributed by atoms with van der Waals surface area (Å²) in [7, 11) is 0. The zero-order valence-electron chi connectivity index (χ0n) is 30.6. The number of carbonyl (C=O) groups is 1. The number of rotatable bonds is 6. The number of carboxylic acids is 1. The van der Waals surface area contributed by atoms with E-state index in [1.807, 2.05) is 0 Å². The average molecular weight is 721 g/mol. The van der Waals surface area contributed by atoms with E-state index in [4.69, 9.17) is 18.9 Å². The predicted octanol–water partition coefficient (Wildman–Crippen LogP) is 2.66. The Balaban J connectivity index is 1.15. The summed E-state index contributed by atoms with van der Waals surface area (Å²) in [4.78, 5) is 12.9. The number of ether oxygens (including phenoxy) is 4. The van der Waals surface area contributed by atoms with Crippen LogP contribution in [0, 0.1) is 44.8 Å². The molecule has 0 aromatic heterocycles. The summed E-state index contributed by atoms with van der Waals surface area (Å²) in [5, 5.41) is 74.0. The predicted molar refractivity (Wildman–Crippen MR) is 183 cm³/mol. The fourth-order valence-electron chi connectivity index (χ4n) is 12.7. The molecule has 5 aliphatic carbocycles. The van der Waals surface area contributed by atoms with E-state index in [9.17, 15) is 40.5 Å². The molecule has 2 saturated heterocycles. The minimum Gasteiger partial charge on any atom is -0.481 e. The lowest BCUT2D eigenvalue weighted by molar-refractivity contribution is -0.358. The highest BCUT2D eigenvalue weighted by molar-refractivity contribution is 5.77. The van der Waals surface area contributed by atoms with Crippen molar-refractivity contribution >= 4 is 5.97 Å². The van der Waals surface area contributed by atoms with Crippen molar-refractivity contribution in [1.29, 1.82) is 0 Å². The van der Waals surface area contributed by atoms with Crippen molar-refractivity contribution in [2.24, 2.45) is 44.8 Å². The molecule has 7 aliphatic rings. The van der Waals surface area contributed by atoms with Gasteiger partial charge in [-0.3, -0.25) is 4.79 Å². The van der Waals surface area contributed by atoms with Gasteiger partial charge in [-0.2, -0.15) is 0 Å². The number of aliphatic carboxylic acids is 1. The summed E-state index contributed by atoms with van der Waals surface area (Å²) in [5.74, 6) is -0.309. The van der Waals surface area contributed by atoms with Gasteiger partial charge < -0.3 is 54.7 Å². The maximum atomic E-state index is 12.9. The second-order valence-electron chi connectivity index (χ2n) is 18.2. The molecule has 4 saturated carbocycles. The third kappa shape index (κ3) is 5.48. The van der Waals surface area contributed by atoms with Crippen molar-refractivity contribution in [3.63, 3.8) is 0 Å². The lowest BCUT2D eigenvalue weighted by Crippen LogP contribution is -2.66. The minimum atomic E-state index is -1.61. The molecule has 7 N–H and O–H groups in total. The van der Waals surface area contributed by atoms with Gasteiger partial charge in [-0.05, 0) is 92.3 Å². The van der Waals surface area contributed by atoms with Crippen LogP contribution < -0.4 is 0 Å². The fourth-order valence-corrected chi connectivity index (χ4v) is 12.7. The molecule has 0 radical (unpaired) electrons. The SMILES string of the molecule is C=C1CC[C@@]2(C(=O)O)CC[C@@]3(C)C(=CC[C@H]4[C@]5(C)CC[C@@H](O[C@H]6OC[C@H](O)[C@@H](O)[C@@H]6O[C@H]6OC[C@H](O)[C@@H](O)[C@@H]6O)[C@](C)(CO)[C@H]5CC[C@@]43C)[C@H]2C1. The van der Waals surface area contributed by atoms with E-state index < -0.39 is 72.1 Å². The molecular weight excluding hydrogens is 660 g/mol. The first kappa shape index (κ1) is 37.8. The Kier molecular flexibility index (Phi) is 9.72. The average Bonchev–Trinajstić information content (AvgIpc) is 3.09. The first-order valence-corrected chi connectivity index (χ1v) is 19.1. The normalized spacial score (nSPS) is 54.3. The van der Waals surface area contributed by atoms with Crippen LogP contribution in [-0.2, 0) is 23.7 Å². The number of hydrogen-bond acceptors (Lipinski definition) is 11. The lowest BCUT2D eigenvalue weighted by atomic mass is 9.34. The summed E-state index contributed by atoms with van der Waals surface area (Å²) >= 11 is 0. The molecule has 2 heterocycles. The van der Waals surface area contributed by atoms with Crippen LogP contribution in [-0.4, -0.2) is 117 Å². The smallest absolute Gasteiger partial charge is 0.310 e. The number of aliphatic hydroxyl groups is 6. The van der Waals surface area contributed by atoms with E-state index in [2.05, 4.69) is 40.3 Å². The first-order chi connectivity index (χ1) is 24.0. The van der Waals surface area contributed by atoms with E-state index in [0.717, 1.165) is 50.5 Å². The number of aliphatic hydroxyl groups excluding tert-OH is 6. The van der Waals surface area contributed by atoms with Crippen molar-refractivity contribution in [2.75, 3.05) is 19.8 Å². The third-order valence-electron chi connectivity index (χ3n) is 16.0. The number of hydrogen-bond donors (Lipinski definition) is 7. The zero-order valence-corrected chi connectivity index (χ0v) is 30.6. The van der Waals surface area contributed by atoms with Crippen LogP contribution in [0.15, 0.2) is 23.8 Å². The number of fused-ring (bicyclic) bond motifs is 7. The second kappa shape index (κ2) is 13.1. The van der Waals surface area contributed by atoms with Crippen LogP contribution in [0.25, 0.3) is 0 Å². The monoisotopic (exact) mass is 720 g/mol. The first-order valence-electron chi connectivity index (χ1n) is 19.1. The highest BCUT2D eigenvalue weighted by Gasteiger charge is 2.69. The van der Waals surface area contributed by atoms with Gasteiger partial charge in [0.25, 0.3) is 0 Å². The highest BCUT2D eigenvalue weighted by atomic mass is 16.7. The van der Waals surface area contributed by atoms with E-state index in [1.165, 1.54) is 5.57 Å². The maximum absolute atomic E-state index is 12.9.